The van der Waals surface area contributed by atoms with Gasteiger partial charge in [-0.15, -0.1) is 0 Å². The average molecular weight is 637 g/mol. The van der Waals surface area contributed by atoms with Crippen LogP contribution in [0.3, 0.4) is 0 Å². The summed E-state index contributed by atoms with van der Waals surface area (Å²) in [7, 11) is 0. The molecule has 2 aliphatic carbocycles. The molecule has 2 aliphatic rings. The summed E-state index contributed by atoms with van der Waals surface area (Å²) in [5.41, 5.74) is 18.6. The summed E-state index contributed by atoms with van der Waals surface area (Å²) in [4.78, 5) is 0. The van der Waals surface area contributed by atoms with Crippen LogP contribution in [-0.4, -0.2) is 5.11 Å². The molecule has 0 atom stereocenters. The highest BCUT2D eigenvalue weighted by Crippen LogP contribution is 2.63. The third-order valence-electron chi connectivity index (χ3n) is 10.8. The maximum absolute atomic E-state index is 11.4. The molecule has 0 bridgehead atoms. The highest BCUT2D eigenvalue weighted by atomic mass is 16.3. The zero-order valence-corrected chi connectivity index (χ0v) is 27.3. The Morgan fingerprint density at radius 3 is 1.38 bits per heavy atom. The molecule has 0 radical (unpaired) electrons. The first-order chi connectivity index (χ1) is 24.7. The topological polar surface area (TPSA) is 20.2 Å². The molecule has 0 aromatic heterocycles. The molecule has 10 rings (SSSR count). The highest BCUT2D eigenvalue weighted by Gasteiger charge is 2.51. The van der Waals surface area contributed by atoms with Gasteiger partial charge in [0.2, 0.25) is 0 Å². The maximum Gasteiger partial charge on any atom is 0.123 e. The molecular formula is C49H32O. The zero-order chi connectivity index (χ0) is 33.2. The molecule has 1 N–H and O–H groups in total. The smallest absolute Gasteiger partial charge is 0.123 e. The summed E-state index contributed by atoms with van der Waals surface area (Å²) >= 11 is 0. The summed E-state index contributed by atoms with van der Waals surface area (Å²) in [6, 6.07) is 67.3. The average Bonchev–Trinajstić information content (AvgIpc) is 3.66. The van der Waals surface area contributed by atoms with Gasteiger partial charge in [-0.1, -0.05) is 164 Å². The lowest BCUT2D eigenvalue weighted by Crippen LogP contribution is -2.25. The highest BCUT2D eigenvalue weighted by molar-refractivity contribution is 5.96. The summed E-state index contributed by atoms with van der Waals surface area (Å²) in [6.45, 7) is 0. The van der Waals surface area contributed by atoms with Crippen LogP contribution in [0.2, 0.25) is 0 Å². The van der Waals surface area contributed by atoms with Crippen LogP contribution in [0.25, 0.3) is 66.8 Å². The fraction of sp³-hybridized carbons (Fsp3) is 0.0204. The van der Waals surface area contributed by atoms with Crippen LogP contribution in [0.4, 0.5) is 0 Å². The number of benzene rings is 8. The number of fused-ring (bicyclic) bond motifs is 10. The van der Waals surface area contributed by atoms with E-state index < -0.39 is 5.41 Å². The van der Waals surface area contributed by atoms with Gasteiger partial charge in [-0.3, -0.25) is 0 Å². The Balaban J connectivity index is 1.14. The van der Waals surface area contributed by atoms with Crippen molar-refractivity contribution in [3.63, 3.8) is 0 Å². The van der Waals surface area contributed by atoms with E-state index in [9.17, 15) is 5.11 Å². The van der Waals surface area contributed by atoms with Crippen molar-refractivity contribution in [1.82, 2.24) is 0 Å². The number of rotatable bonds is 4. The molecule has 0 fully saturated rings. The Labute approximate surface area is 292 Å². The van der Waals surface area contributed by atoms with Gasteiger partial charge in [-0.05, 0) is 108 Å². The van der Waals surface area contributed by atoms with Gasteiger partial charge < -0.3 is 5.11 Å². The summed E-state index contributed by atoms with van der Waals surface area (Å²) in [5, 5.41) is 11.4. The van der Waals surface area contributed by atoms with E-state index in [4.69, 9.17) is 0 Å². The van der Waals surface area contributed by atoms with E-state index in [2.05, 4.69) is 170 Å². The third-order valence-corrected chi connectivity index (χ3v) is 10.8. The Kier molecular flexibility index (Phi) is 6.31. The van der Waals surface area contributed by atoms with E-state index in [1.807, 2.05) is 18.2 Å². The number of phenolic OH excluding ortho intramolecular Hbond substituents is 1. The van der Waals surface area contributed by atoms with Crippen molar-refractivity contribution in [3.8, 4) is 72.5 Å². The Morgan fingerprint density at radius 2 is 0.720 bits per heavy atom. The molecule has 0 amide bonds. The van der Waals surface area contributed by atoms with Crippen LogP contribution in [0.1, 0.15) is 22.3 Å². The third kappa shape index (κ3) is 4.07. The van der Waals surface area contributed by atoms with E-state index in [-0.39, 0.29) is 5.75 Å². The molecule has 0 aliphatic heterocycles. The lowest BCUT2D eigenvalue weighted by molar-refractivity contribution is 0.477. The van der Waals surface area contributed by atoms with Crippen LogP contribution < -0.4 is 0 Å². The second kappa shape index (κ2) is 11.1. The van der Waals surface area contributed by atoms with Crippen LogP contribution in [-0.2, 0) is 5.41 Å². The van der Waals surface area contributed by atoms with Gasteiger partial charge in [0.1, 0.15) is 5.75 Å². The molecule has 0 saturated carbocycles. The first-order valence-corrected chi connectivity index (χ1v) is 17.2. The van der Waals surface area contributed by atoms with Crippen molar-refractivity contribution < 1.29 is 5.11 Å². The molecule has 8 aromatic rings. The van der Waals surface area contributed by atoms with Crippen LogP contribution in [0.5, 0.6) is 5.75 Å². The van der Waals surface area contributed by atoms with Crippen molar-refractivity contribution >= 4 is 0 Å². The number of phenols is 1. The normalized spacial score (nSPS) is 13.0. The van der Waals surface area contributed by atoms with E-state index in [0.29, 0.717) is 0 Å². The Morgan fingerprint density at radius 1 is 0.260 bits per heavy atom. The molecule has 50 heavy (non-hydrogen) atoms. The van der Waals surface area contributed by atoms with Gasteiger partial charge >= 0.3 is 0 Å². The second-order valence-electron chi connectivity index (χ2n) is 13.4. The van der Waals surface area contributed by atoms with Crippen molar-refractivity contribution in [3.05, 3.63) is 210 Å². The van der Waals surface area contributed by atoms with Gasteiger partial charge in [-0.2, -0.15) is 0 Å². The Hall–Kier alpha value is -6.44. The number of hydrogen-bond acceptors (Lipinski definition) is 1. The van der Waals surface area contributed by atoms with E-state index >= 15 is 0 Å². The van der Waals surface area contributed by atoms with Crippen LogP contribution >= 0.6 is 0 Å². The van der Waals surface area contributed by atoms with Crippen molar-refractivity contribution in [1.29, 1.82) is 0 Å². The second-order valence-corrected chi connectivity index (χ2v) is 13.4. The molecule has 234 valence electrons. The predicted octanol–water partition coefficient (Wildman–Crippen LogP) is 12.4. The minimum Gasteiger partial charge on any atom is -0.507 e. The largest absolute Gasteiger partial charge is 0.507 e. The summed E-state index contributed by atoms with van der Waals surface area (Å²) in [5.74, 6) is 0.268. The fourth-order valence-electron chi connectivity index (χ4n) is 8.67. The molecule has 0 saturated heterocycles. The van der Waals surface area contributed by atoms with E-state index in [1.54, 1.807) is 0 Å². The lowest BCUT2D eigenvalue weighted by Gasteiger charge is -2.30. The van der Waals surface area contributed by atoms with E-state index in [0.717, 1.165) is 33.4 Å². The van der Waals surface area contributed by atoms with E-state index in [1.165, 1.54) is 55.6 Å². The van der Waals surface area contributed by atoms with Crippen LogP contribution in [0.15, 0.2) is 188 Å². The molecule has 0 heterocycles. The SMILES string of the molecule is Oc1ccc(-c2ccc3c(c2)C2(c4ccccc4-c4ccccc42)c2ccccc2-3)cc1-c1ccccc1-c1cccc(-c2ccccc2)c1. The standard InChI is InChI=1S/C49H32O/c50-48-28-26-34(30-43(48)38-18-5-4-17-37(38)36-16-12-15-33(29-36)32-13-2-1-3-14-32)35-25-27-42-41-21-8-11-24-46(41)49(47(42)31-35)44-22-9-6-19-39(44)40-20-7-10-23-45(40)49/h1-31,50H. The molecule has 8 aromatic carbocycles. The first kappa shape index (κ1) is 28.6. The van der Waals surface area contributed by atoms with Gasteiger partial charge in [0.25, 0.3) is 0 Å². The van der Waals surface area contributed by atoms with Crippen molar-refractivity contribution in [2.45, 2.75) is 5.41 Å². The Bertz CT molecular complexity index is 2550. The summed E-state index contributed by atoms with van der Waals surface area (Å²) < 4.78 is 0. The van der Waals surface area contributed by atoms with Gasteiger partial charge in [0.05, 0.1) is 5.41 Å². The minimum absolute atomic E-state index is 0.268. The summed E-state index contributed by atoms with van der Waals surface area (Å²) in [6.07, 6.45) is 0. The van der Waals surface area contributed by atoms with Gasteiger partial charge in [-0.25, -0.2) is 0 Å². The predicted molar refractivity (Wildman–Crippen MR) is 206 cm³/mol. The van der Waals surface area contributed by atoms with Gasteiger partial charge in [0.15, 0.2) is 0 Å². The molecular weight excluding hydrogens is 605 g/mol. The fourth-order valence-corrected chi connectivity index (χ4v) is 8.67. The first-order valence-electron chi connectivity index (χ1n) is 17.2. The van der Waals surface area contributed by atoms with Crippen molar-refractivity contribution in [2.24, 2.45) is 0 Å². The van der Waals surface area contributed by atoms with Crippen molar-refractivity contribution in [2.75, 3.05) is 0 Å². The lowest BCUT2D eigenvalue weighted by atomic mass is 9.70. The number of hydrogen-bond donors (Lipinski definition) is 1. The molecule has 1 nitrogen and oxygen atoms in total. The van der Waals surface area contributed by atoms with Crippen LogP contribution in [0, 0.1) is 0 Å². The quantitative estimate of drug-likeness (QED) is 0.204. The zero-order valence-electron chi connectivity index (χ0n) is 27.3. The monoisotopic (exact) mass is 636 g/mol. The van der Waals surface area contributed by atoms with Gasteiger partial charge in [0, 0.05) is 5.56 Å². The maximum atomic E-state index is 11.4. The number of aromatic hydroxyl groups is 1. The molecule has 1 spiro atoms. The molecule has 1 heteroatoms. The molecule has 0 unspecified atom stereocenters. The minimum atomic E-state index is -0.398.